The van der Waals surface area contributed by atoms with Crippen molar-refractivity contribution in [3.63, 3.8) is 0 Å². The van der Waals surface area contributed by atoms with Crippen molar-refractivity contribution in [2.45, 2.75) is 26.2 Å². The number of anilines is 1. The van der Waals surface area contributed by atoms with Gasteiger partial charge in [-0.3, -0.25) is 9.98 Å². The SMILES string of the molecule is C/C=C/N(C=NC)c1ccc(/C=C2\CCCNC2=NC)cc1OC.NC1=CCC=C(S(F)(F)(F)(F)F)C=C1. The van der Waals surface area contributed by atoms with E-state index in [0.717, 1.165) is 48.3 Å². The number of hydrogen-bond donors (Lipinski definition) is 2. The molecule has 1 fully saturated rings. The van der Waals surface area contributed by atoms with Gasteiger partial charge in [0.15, 0.2) is 0 Å². The molecule has 0 amide bonds. The van der Waals surface area contributed by atoms with E-state index in [0.29, 0.717) is 12.2 Å². The molecular weight excluding hydrogens is 525 g/mol. The lowest BCUT2D eigenvalue weighted by molar-refractivity contribution is 0.380. The molecule has 0 aromatic heterocycles. The summed E-state index contributed by atoms with van der Waals surface area (Å²) in [7, 11) is -4.27. The highest BCUT2D eigenvalue weighted by atomic mass is 32.5. The summed E-state index contributed by atoms with van der Waals surface area (Å²) in [6.45, 7) is 2.96. The zero-order valence-corrected chi connectivity index (χ0v) is 22.6. The van der Waals surface area contributed by atoms with Gasteiger partial charge < -0.3 is 20.7 Å². The maximum atomic E-state index is 12.2. The first-order chi connectivity index (χ1) is 17.7. The fourth-order valence-electron chi connectivity index (χ4n) is 3.66. The summed E-state index contributed by atoms with van der Waals surface area (Å²) in [6.07, 6.45) is 12.6. The van der Waals surface area contributed by atoms with Gasteiger partial charge in [-0.1, -0.05) is 43.7 Å². The zero-order chi connectivity index (χ0) is 28.5. The molecule has 1 aromatic rings. The number of nitrogens with zero attached hydrogens (tertiary/aromatic N) is 3. The summed E-state index contributed by atoms with van der Waals surface area (Å²) in [4.78, 5) is 8.49. The number of ether oxygens (including phenoxy) is 1. The third kappa shape index (κ3) is 9.09. The summed E-state index contributed by atoms with van der Waals surface area (Å²) in [5.41, 5.74) is 8.50. The van der Waals surface area contributed by atoms with Crippen molar-refractivity contribution < 1.29 is 24.2 Å². The van der Waals surface area contributed by atoms with Crippen molar-refractivity contribution in [2.24, 2.45) is 15.7 Å². The van der Waals surface area contributed by atoms with Crippen molar-refractivity contribution >= 4 is 34.2 Å². The van der Waals surface area contributed by atoms with Gasteiger partial charge in [0.2, 0.25) is 0 Å². The van der Waals surface area contributed by atoms with Gasteiger partial charge in [0.25, 0.3) is 0 Å². The maximum Gasteiger partial charge on any atom is 0.310 e. The minimum atomic E-state index is -9.53. The van der Waals surface area contributed by atoms with E-state index in [9.17, 15) is 19.4 Å². The van der Waals surface area contributed by atoms with Gasteiger partial charge in [-0.25, -0.2) is 0 Å². The number of methoxy groups -OCH3 is 1. The molecule has 3 N–H and O–H groups in total. The molecule has 2 aliphatic rings. The average molecular weight is 560 g/mol. The van der Waals surface area contributed by atoms with E-state index in [1.54, 1.807) is 20.5 Å². The van der Waals surface area contributed by atoms with Crippen LogP contribution in [0.2, 0.25) is 0 Å². The molecule has 1 aromatic carbocycles. The highest BCUT2D eigenvalue weighted by Gasteiger charge is 2.66. The number of aliphatic imine (C=N–C) groups is 2. The van der Waals surface area contributed by atoms with Gasteiger partial charge in [0.1, 0.15) is 16.5 Å². The van der Waals surface area contributed by atoms with Crippen LogP contribution in [0.3, 0.4) is 0 Å². The lowest BCUT2D eigenvalue weighted by Gasteiger charge is -2.41. The monoisotopic (exact) mass is 559 g/mol. The number of piperidine rings is 1. The molecule has 0 spiro atoms. The van der Waals surface area contributed by atoms with Gasteiger partial charge in [-0.15, -0.1) is 0 Å². The molecule has 0 unspecified atom stereocenters. The number of benzene rings is 1. The Bertz CT molecular complexity index is 1200. The highest BCUT2D eigenvalue weighted by molar-refractivity contribution is 8.48. The Hall–Kier alpha value is -3.54. The minimum Gasteiger partial charge on any atom is -0.495 e. The van der Waals surface area contributed by atoms with Crippen LogP contribution in [0.1, 0.15) is 31.7 Å². The predicted molar refractivity (Wildman–Crippen MR) is 151 cm³/mol. The molecule has 1 saturated heterocycles. The van der Waals surface area contributed by atoms with Gasteiger partial charge in [0, 0.05) is 32.5 Å². The zero-order valence-electron chi connectivity index (χ0n) is 21.8. The number of rotatable bonds is 6. The first-order valence-electron chi connectivity index (χ1n) is 11.7. The summed E-state index contributed by atoms with van der Waals surface area (Å²) in [6, 6.07) is 6.18. The average Bonchev–Trinajstić information content (AvgIpc) is 3.09. The van der Waals surface area contributed by atoms with Crippen molar-refractivity contribution in [3.8, 4) is 5.75 Å². The first-order valence-corrected chi connectivity index (χ1v) is 13.7. The molecule has 0 radical (unpaired) electrons. The summed E-state index contributed by atoms with van der Waals surface area (Å²) in [5, 5.41) is 3.35. The van der Waals surface area contributed by atoms with Gasteiger partial charge >= 0.3 is 10.2 Å². The van der Waals surface area contributed by atoms with E-state index in [2.05, 4.69) is 27.4 Å². The standard InChI is InChI=1S/C19H26N4O.C7H8F5NS/c1-5-11-23(14-20-2)17-9-8-15(13-18(17)24-4)12-16-7-6-10-22-19(16)21-3;8-14(9,10,11,12)7-3-1-2-6(13)4-5-7/h5,8-9,11-14H,6-7,10H2,1-4H3,(H,21,22);2-5H,1,13H2/b11-5+,16-12+,20-14?;. The second-order valence-corrected chi connectivity index (χ2v) is 10.7. The van der Waals surface area contributed by atoms with E-state index in [4.69, 9.17) is 10.5 Å². The minimum absolute atomic E-state index is 0.0399. The van der Waals surface area contributed by atoms with Crippen LogP contribution in [0.4, 0.5) is 25.1 Å². The molecular formula is C26H34F5N5OS. The van der Waals surface area contributed by atoms with Crippen molar-refractivity contribution in [1.29, 1.82) is 0 Å². The Kier molecular flexibility index (Phi) is 9.60. The second-order valence-electron chi connectivity index (χ2n) is 8.32. The molecule has 3 rings (SSSR count). The van der Waals surface area contributed by atoms with E-state index in [1.807, 2.05) is 43.3 Å². The van der Waals surface area contributed by atoms with Crippen LogP contribution in [-0.2, 0) is 0 Å². The van der Waals surface area contributed by atoms with E-state index < -0.39 is 15.1 Å². The van der Waals surface area contributed by atoms with Crippen molar-refractivity contribution in [2.75, 3.05) is 32.6 Å². The van der Waals surface area contributed by atoms with E-state index >= 15 is 0 Å². The lowest BCUT2D eigenvalue weighted by Crippen LogP contribution is -2.30. The normalized spacial score (nSPS) is 20.1. The van der Waals surface area contributed by atoms with Crippen LogP contribution >= 0.6 is 10.2 Å². The number of hydrogen-bond acceptors (Lipinski definition) is 4. The first kappa shape index (κ1) is 30.7. The molecule has 0 bridgehead atoms. The number of amidine groups is 1. The highest BCUT2D eigenvalue weighted by Crippen LogP contribution is 3.02. The molecule has 12 heteroatoms. The van der Waals surface area contributed by atoms with Crippen molar-refractivity contribution in [3.05, 3.63) is 76.5 Å². The molecule has 6 nitrogen and oxygen atoms in total. The number of halogens is 5. The maximum absolute atomic E-state index is 12.2. The van der Waals surface area contributed by atoms with E-state index in [1.165, 1.54) is 11.6 Å². The van der Waals surface area contributed by atoms with Crippen LogP contribution in [-0.4, -0.2) is 39.9 Å². The molecule has 210 valence electrons. The van der Waals surface area contributed by atoms with Gasteiger partial charge in [-0.2, -0.15) is 0 Å². The van der Waals surface area contributed by atoms with Crippen molar-refractivity contribution in [1.82, 2.24) is 5.32 Å². The lowest BCUT2D eigenvalue weighted by atomic mass is 10.0. The third-order valence-electron chi connectivity index (χ3n) is 5.37. The molecule has 1 aliphatic carbocycles. The quantitative estimate of drug-likeness (QED) is 0.216. The summed E-state index contributed by atoms with van der Waals surface area (Å²) >= 11 is 0. The molecule has 1 aliphatic heterocycles. The third-order valence-corrected chi connectivity index (χ3v) is 6.57. The molecule has 38 heavy (non-hydrogen) atoms. The molecule has 1 heterocycles. The topological polar surface area (TPSA) is 75.2 Å². The molecule has 0 atom stereocenters. The van der Waals surface area contributed by atoms with Crippen LogP contribution < -0.4 is 20.7 Å². The number of allylic oxidation sites excluding steroid dienone is 5. The Morgan fingerprint density at radius 3 is 2.45 bits per heavy atom. The summed E-state index contributed by atoms with van der Waals surface area (Å²) < 4.78 is 66.7. The van der Waals surface area contributed by atoms with Crippen LogP contribution in [0.25, 0.3) is 6.08 Å². The molecule has 0 saturated carbocycles. The second kappa shape index (κ2) is 11.9. The largest absolute Gasteiger partial charge is 0.495 e. The van der Waals surface area contributed by atoms with Crippen LogP contribution in [0.5, 0.6) is 5.75 Å². The van der Waals surface area contributed by atoms with Gasteiger partial charge in [-0.05, 0) is 67.7 Å². The summed E-state index contributed by atoms with van der Waals surface area (Å²) in [5.74, 6) is 1.79. The Labute approximate surface area is 220 Å². The smallest absolute Gasteiger partial charge is 0.310 e. The van der Waals surface area contributed by atoms with Crippen LogP contribution in [0, 0.1) is 0 Å². The fraction of sp³-hybridized carbons (Fsp3) is 0.308. The van der Waals surface area contributed by atoms with E-state index in [-0.39, 0.29) is 12.1 Å². The van der Waals surface area contributed by atoms with Gasteiger partial charge in [0.05, 0.1) is 19.1 Å². The Morgan fingerprint density at radius 1 is 1.11 bits per heavy atom. The number of nitrogens with two attached hydrogens (primary N) is 1. The Morgan fingerprint density at radius 2 is 1.84 bits per heavy atom. The fourth-order valence-corrected chi connectivity index (χ4v) is 4.39. The Balaban J connectivity index is 0.000000308. The number of nitrogens with one attached hydrogen (secondary N) is 1. The van der Waals surface area contributed by atoms with Crippen LogP contribution in [0.15, 0.2) is 80.9 Å². The predicted octanol–water partition coefficient (Wildman–Crippen LogP) is 7.46.